The molecule has 1 aliphatic heterocycles. The van der Waals surface area contributed by atoms with E-state index in [1.807, 2.05) is 10.8 Å². The average Bonchev–Trinajstić information content (AvgIpc) is 2.98. The number of hydrogen-bond donors (Lipinski definition) is 1. The first kappa shape index (κ1) is 18.8. The van der Waals surface area contributed by atoms with E-state index in [9.17, 15) is 13.2 Å². The number of allylic oxidation sites excluding steroid dienone is 4. The maximum Gasteiger partial charge on any atom is 0.253 e. The minimum Gasteiger partial charge on any atom is -0.307 e. The molecule has 7 nitrogen and oxygen atoms in total. The van der Waals surface area contributed by atoms with Gasteiger partial charge in [0.05, 0.1) is 6.26 Å². The van der Waals surface area contributed by atoms with E-state index in [4.69, 9.17) is 5.10 Å². The van der Waals surface area contributed by atoms with Gasteiger partial charge in [-0.05, 0) is 50.0 Å². The molecule has 5 rings (SSSR count). The van der Waals surface area contributed by atoms with Gasteiger partial charge in [0, 0.05) is 36.2 Å². The summed E-state index contributed by atoms with van der Waals surface area (Å²) >= 11 is 0. The van der Waals surface area contributed by atoms with Crippen LogP contribution in [0.25, 0.3) is 16.6 Å². The number of rotatable bonds is 4. The Morgan fingerprint density at radius 1 is 1.21 bits per heavy atom. The molecule has 0 radical (unpaired) electrons. The highest BCUT2D eigenvalue weighted by Gasteiger charge is 2.29. The molecule has 3 heterocycles. The van der Waals surface area contributed by atoms with Gasteiger partial charge < -0.3 is 4.98 Å². The third-order valence-electron chi connectivity index (χ3n) is 6.43. The van der Waals surface area contributed by atoms with Crippen LogP contribution >= 0.6 is 0 Å². The molecule has 1 saturated heterocycles. The first-order valence-electron chi connectivity index (χ1n) is 10.4. The highest BCUT2D eigenvalue weighted by molar-refractivity contribution is 7.88. The molecule has 1 atom stereocenters. The van der Waals surface area contributed by atoms with Crippen molar-refractivity contribution in [2.45, 2.75) is 45.1 Å². The molecule has 0 bridgehead atoms. The van der Waals surface area contributed by atoms with Gasteiger partial charge >= 0.3 is 0 Å². The Morgan fingerprint density at radius 3 is 2.66 bits per heavy atom. The van der Waals surface area contributed by atoms with Crippen molar-refractivity contribution in [1.82, 2.24) is 19.1 Å². The van der Waals surface area contributed by atoms with Crippen molar-refractivity contribution in [3.63, 3.8) is 0 Å². The maximum atomic E-state index is 12.8. The topological polar surface area (TPSA) is 88.1 Å². The Balaban J connectivity index is 1.58. The number of nitrogens with one attached hydrogen (secondary N) is 1. The molecule has 2 aromatic heterocycles. The van der Waals surface area contributed by atoms with Gasteiger partial charge in [0.15, 0.2) is 0 Å². The smallest absolute Gasteiger partial charge is 0.253 e. The van der Waals surface area contributed by atoms with Gasteiger partial charge in [0.1, 0.15) is 11.3 Å². The van der Waals surface area contributed by atoms with Crippen LogP contribution in [0, 0.1) is 5.92 Å². The number of aromatic amines is 1. The number of sulfonamides is 1. The first-order valence-corrected chi connectivity index (χ1v) is 12.2. The van der Waals surface area contributed by atoms with Crippen LogP contribution in [0.1, 0.15) is 42.5 Å². The third kappa shape index (κ3) is 3.28. The maximum absolute atomic E-state index is 12.8. The molecule has 29 heavy (non-hydrogen) atoms. The fraction of sp³-hybridized carbons (Fsp3) is 0.524. The summed E-state index contributed by atoms with van der Waals surface area (Å²) in [6, 6.07) is 0. The number of nitrogens with zero attached hydrogens (tertiary/aromatic N) is 3. The third-order valence-corrected chi connectivity index (χ3v) is 7.70. The predicted octanol–water partition coefficient (Wildman–Crippen LogP) is 2.23. The van der Waals surface area contributed by atoms with Gasteiger partial charge in [0.2, 0.25) is 10.0 Å². The minimum atomic E-state index is -3.19. The van der Waals surface area contributed by atoms with E-state index in [0.717, 1.165) is 72.0 Å². The molecule has 2 aromatic rings. The average molecular weight is 415 g/mol. The highest BCUT2D eigenvalue weighted by atomic mass is 32.2. The summed E-state index contributed by atoms with van der Waals surface area (Å²) in [6.07, 6.45) is 13.1. The molecule has 0 spiro atoms. The second-order valence-electron chi connectivity index (χ2n) is 8.48. The fourth-order valence-electron chi connectivity index (χ4n) is 4.90. The van der Waals surface area contributed by atoms with Crippen LogP contribution in [0.4, 0.5) is 0 Å². The monoisotopic (exact) mass is 414 g/mol. The van der Waals surface area contributed by atoms with Crippen LogP contribution in [0.3, 0.4) is 0 Å². The van der Waals surface area contributed by atoms with Crippen LogP contribution in [0.2, 0.25) is 0 Å². The van der Waals surface area contributed by atoms with Crippen LogP contribution in [0.15, 0.2) is 23.0 Å². The van der Waals surface area contributed by atoms with E-state index in [1.165, 1.54) is 6.26 Å². The summed E-state index contributed by atoms with van der Waals surface area (Å²) in [6.45, 7) is 1.70. The van der Waals surface area contributed by atoms with E-state index < -0.39 is 10.0 Å². The largest absolute Gasteiger partial charge is 0.307 e. The van der Waals surface area contributed by atoms with E-state index in [0.29, 0.717) is 19.6 Å². The molecule has 1 fully saturated rings. The zero-order chi connectivity index (χ0) is 20.2. The van der Waals surface area contributed by atoms with Gasteiger partial charge in [0.25, 0.3) is 5.56 Å². The zero-order valence-electron chi connectivity index (χ0n) is 16.6. The Hall–Kier alpha value is -2.19. The highest BCUT2D eigenvalue weighted by Crippen LogP contribution is 2.34. The van der Waals surface area contributed by atoms with Gasteiger partial charge in [-0.25, -0.2) is 17.4 Å². The Bertz CT molecular complexity index is 1200. The summed E-state index contributed by atoms with van der Waals surface area (Å²) in [5.41, 5.74) is 4.87. The fourth-order valence-corrected chi connectivity index (χ4v) is 5.84. The van der Waals surface area contributed by atoms with Gasteiger partial charge in [-0.15, -0.1) is 0 Å². The lowest BCUT2D eigenvalue weighted by atomic mass is 9.89. The van der Waals surface area contributed by atoms with Gasteiger partial charge in [-0.3, -0.25) is 4.79 Å². The van der Waals surface area contributed by atoms with Gasteiger partial charge in [-0.2, -0.15) is 5.10 Å². The Labute approximate surface area is 170 Å². The van der Waals surface area contributed by atoms with Crippen molar-refractivity contribution in [3.05, 3.63) is 45.4 Å². The molecule has 0 saturated carbocycles. The SMILES string of the molecule is CS(=O)(=O)N1CCCC(Cn2nc(C3=CC=C3)c3c4c(c(=O)[nH]c32)CCCC4)C1. The summed E-state index contributed by atoms with van der Waals surface area (Å²) in [5, 5.41) is 5.98. The number of piperidine rings is 1. The van der Waals surface area contributed by atoms with E-state index in [2.05, 4.69) is 17.1 Å². The second-order valence-corrected chi connectivity index (χ2v) is 10.5. The van der Waals surface area contributed by atoms with Crippen molar-refractivity contribution in [2.24, 2.45) is 5.92 Å². The summed E-state index contributed by atoms with van der Waals surface area (Å²) in [7, 11) is -3.19. The first-order chi connectivity index (χ1) is 13.9. The van der Waals surface area contributed by atoms with Crippen molar-refractivity contribution in [1.29, 1.82) is 0 Å². The zero-order valence-corrected chi connectivity index (χ0v) is 17.5. The second kappa shape index (κ2) is 6.95. The number of pyridine rings is 1. The van der Waals surface area contributed by atoms with E-state index in [1.54, 1.807) is 4.31 Å². The van der Waals surface area contributed by atoms with Crippen LogP contribution in [-0.4, -0.2) is 46.8 Å². The molecule has 1 N–H and O–H groups in total. The van der Waals surface area contributed by atoms with Crippen molar-refractivity contribution < 1.29 is 8.42 Å². The lowest BCUT2D eigenvalue weighted by Gasteiger charge is -2.30. The van der Waals surface area contributed by atoms with Crippen LogP contribution < -0.4 is 5.56 Å². The van der Waals surface area contributed by atoms with Crippen molar-refractivity contribution in [2.75, 3.05) is 19.3 Å². The number of hydrogen-bond acceptors (Lipinski definition) is 4. The molecule has 3 aliphatic rings. The Morgan fingerprint density at radius 2 is 1.97 bits per heavy atom. The van der Waals surface area contributed by atoms with Crippen molar-refractivity contribution in [3.8, 4) is 0 Å². The quantitative estimate of drug-likeness (QED) is 0.831. The summed E-state index contributed by atoms with van der Waals surface area (Å²) < 4.78 is 27.4. The standard InChI is InChI=1S/C21H26N4O3S/c1-29(27,28)24-11-5-6-14(12-24)13-25-20-18(19(23-25)15-7-4-8-15)16-9-2-3-10-17(16)21(26)22-20/h4,7-8,14H,2-3,5-6,9-13H2,1H3,(H,22,26). The number of aromatic nitrogens is 3. The summed E-state index contributed by atoms with van der Waals surface area (Å²) in [5.74, 6) is 0.180. The molecule has 1 unspecified atom stereocenters. The normalized spacial score (nSPS) is 22.4. The number of fused-ring (bicyclic) bond motifs is 3. The van der Waals surface area contributed by atoms with E-state index >= 15 is 0 Å². The van der Waals surface area contributed by atoms with Gasteiger partial charge in [-0.1, -0.05) is 18.2 Å². The van der Waals surface area contributed by atoms with Crippen molar-refractivity contribution >= 4 is 26.6 Å². The minimum absolute atomic E-state index is 0.000521. The number of H-pyrrole nitrogens is 1. The Kier molecular flexibility index (Phi) is 4.51. The molecule has 0 amide bonds. The van der Waals surface area contributed by atoms with Crippen LogP contribution in [0.5, 0.6) is 0 Å². The molecule has 2 aliphatic carbocycles. The summed E-state index contributed by atoms with van der Waals surface area (Å²) in [4.78, 5) is 15.9. The molecular weight excluding hydrogens is 388 g/mol. The lowest BCUT2D eigenvalue weighted by molar-refractivity contribution is 0.242. The molecule has 8 heteroatoms. The molecule has 154 valence electrons. The van der Waals surface area contributed by atoms with Crippen LogP contribution in [-0.2, 0) is 29.4 Å². The predicted molar refractivity (Wildman–Crippen MR) is 113 cm³/mol. The van der Waals surface area contributed by atoms with E-state index in [-0.39, 0.29) is 11.5 Å². The molecular formula is C21H26N4O3S. The lowest BCUT2D eigenvalue weighted by Crippen LogP contribution is -2.40. The number of aryl methyl sites for hydroxylation is 1. The molecule has 0 aromatic carbocycles.